The van der Waals surface area contributed by atoms with E-state index >= 15 is 0 Å². The van der Waals surface area contributed by atoms with Gasteiger partial charge in [-0.2, -0.15) is 4.52 Å². The first kappa shape index (κ1) is 13.6. The Morgan fingerprint density at radius 1 is 1.48 bits per heavy atom. The molecule has 2 heterocycles. The maximum absolute atomic E-state index is 11.8. The third-order valence-electron chi connectivity index (χ3n) is 2.72. The predicted octanol–water partition coefficient (Wildman–Crippen LogP) is 2.15. The molecule has 3 rings (SSSR count). The van der Waals surface area contributed by atoms with Gasteiger partial charge in [-0.3, -0.25) is 4.79 Å². The second-order valence-corrected chi connectivity index (χ2v) is 5.49. The second-order valence-electron chi connectivity index (χ2n) is 4.44. The molecule has 0 aliphatic heterocycles. The van der Waals surface area contributed by atoms with Gasteiger partial charge in [-0.1, -0.05) is 29.0 Å². The molecule has 1 N–H and O–H groups in total. The van der Waals surface area contributed by atoms with E-state index < -0.39 is 0 Å². The monoisotopic (exact) mass is 303 g/mol. The fourth-order valence-electron chi connectivity index (χ4n) is 1.78. The molecule has 0 aliphatic carbocycles. The van der Waals surface area contributed by atoms with Crippen molar-refractivity contribution in [3.05, 3.63) is 36.2 Å². The summed E-state index contributed by atoms with van der Waals surface area (Å²) in [5, 5.41) is 14.8. The molecule has 0 saturated carbocycles. The number of hydrogen-bond acceptors (Lipinski definition) is 6. The van der Waals surface area contributed by atoms with E-state index in [1.54, 1.807) is 0 Å². The molecule has 1 aromatic carbocycles. The van der Waals surface area contributed by atoms with Gasteiger partial charge in [-0.05, 0) is 24.6 Å². The number of hydrogen-bond donors (Lipinski definition) is 1. The first-order chi connectivity index (χ1) is 10.2. The van der Waals surface area contributed by atoms with E-state index in [0.717, 1.165) is 11.3 Å². The topological polar surface area (TPSA) is 85.3 Å². The third kappa shape index (κ3) is 3.40. The molecule has 0 atom stereocenters. The van der Waals surface area contributed by atoms with Crippen LogP contribution in [0.4, 0.5) is 5.69 Å². The van der Waals surface area contributed by atoms with Crippen molar-refractivity contribution in [2.24, 2.45) is 0 Å². The zero-order chi connectivity index (χ0) is 14.7. The predicted molar refractivity (Wildman–Crippen MR) is 78.2 cm³/mol. The number of nitrogens with zero attached hydrogens (tertiary/aromatic N) is 4. The number of thioether (sulfide) groups is 1. The smallest absolute Gasteiger partial charge is 0.345 e. The van der Waals surface area contributed by atoms with Crippen molar-refractivity contribution >= 4 is 29.2 Å². The number of carbonyl (C=O) groups excluding carboxylic acids is 1. The fraction of sp³-hybridized carbons (Fsp3) is 0.231. The van der Waals surface area contributed by atoms with Crippen LogP contribution in [-0.2, 0) is 4.79 Å². The van der Waals surface area contributed by atoms with Gasteiger partial charge in [-0.25, -0.2) is 0 Å². The molecule has 7 nitrogen and oxygen atoms in total. The Kier molecular flexibility index (Phi) is 3.87. The lowest BCUT2D eigenvalue weighted by Gasteiger charge is -2.05. The molecular weight excluding hydrogens is 290 g/mol. The summed E-state index contributed by atoms with van der Waals surface area (Å²) in [5.41, 5.74) is 1.92. The number of amides is 1. The molecule has 3 aromatic rings. The number of aryl methyl sites for hydroxylation is 1. The maximum Gasteiger partial charge on any atom is 0.345 e. The molecule has 2 aromatic heterocycles. The number of rotatable bonds is 5. The van der Waals surface area contributed by atoms with Crippen molar-refractivity contribution in [3.63, 3.8) is 0 Å². The molecule has 0 radical (unpaired) electrons. The standard InChI is InChI=1S/C13H13N5O2S/c1-9-3-2-4-10(7-9)15-11(19)5-6-21-13-17-18-8-14-16-12(18)20-13/h2-4,7-8H,5-6H2,1H3,(H,15,19). The molecule has 8 heteroatoms. The van der Waals surface area contributed by atoms with Gasteiger partial charge >= 0.3 is 5.84 Å². The van der Waals surface area contributed by atoms with Gasteiger partial charge in [0.15, 0.2) is 0 Å². The molecule has 21 heavy (non-hydrogen) atoms. The average molecular weight is 303 g/mol. The molecular formula is C13H13N5O2S. The third-order valence-corrected chi connectivity index (χ3v) is 3.54. The van der Waals surface area contributed by atoms with Crippen molar-refractivity contribution in [2.45, 2.75) is 18.6 Å². The SMILES string of the molecule is Cc1cccc(NC(=O)CCSc2nn3cnnc3o2)c1. The Morgan fingerprint density at radius 3 is 3.19 bits per heavy atom. The molecule has 0 bridgehead atoms. The van der Waals surface area contributed by atoms with E-state index in [9.17, 15) is 4.79 Å². The van der Waals surface area contributed by atoms with Gasteiger partial charge in [0.05, 0.1) is 0 Å². The fourth-order valence-corrected chi connectivity index (χ4v) is 2.52. The normalized spacial score (nSPS) is 10.9. The molecule has 0 saturated heterocycles. The maximum atomic E-state index is 11.8. The van der Waals surface area contributed by atoms with Crippen LogP contribution in [0.3, 0.4) is 0 Å². The minimum atomic E-state index is -0.0360. The highest BCUT2D eigenvalue weighted by atomic mass is 32.2. The highest BCUT2D eigenvalue weighted by Gasteiger charge is 2.09. The quantitative estimate of drug-likeness (QED) is 0.727. The van der Waals surface area contributed by atoms with Gasteiger partial charge in [0.25, 0.3) is 5.22 Å². The van der Waals surface area contributed by atoms with Gasteiger partial charge in [0.1, 0.15) is 6.33 Å². The van der Waals surface area contributed by atoms with Crippen LogP contribution in [0.2, 0.25) is 0 Å². The van der Waals surface area contributed by atoms with Crippen LogP contribution in [0.1, 0.15) is 12.0 Å². The summed E-state index contributed by atoms with van der Waals surface area (Å²) in [7, 11) is 0. The number of fused-ring (bicyclic) bond motifs is 1. The van der Waals surface area contributed by atoms with E-state index in [1.807, 2.05) is 31.2 Å². The van der Waals surface area contributed by atoms with Gasteiger partial charge < -0.3 is 9.73 Å². The summed E-state index contributed by atoms with van der Waals surface area (Å²) < 4.78 is 6.79. The van der Waals surface area contributed by atoms with Crippen LogP contribution < -0.4 is 5.32 Å². The van der Waals surface area contributed by atoms with Crippen LogP contribution in [-0.4, -0.2) is 31.5 Å². The number of carbonyl (C=O) groups is 1. The molecule has 0 fully saturated rings. The van der Waals surface area contributed by atoms with Crippen LogP contribution in [0.25, 0.3) is 5.84 Å². The van der Waals surface area contributed by atoms with Crippen molar-refractivity contribution in [1.29, 1.82) is 0 Å². The van der Waals surface area contributed by atoms with Gasteiger partial charge in [0.2, 0.25) is 5.91 Å². The van der Waals surface area contributed by atoms with E-state index in [0.29, 0.717) is 23.2 Å². The zero-order valence-corrected chi connectivity index (χ0v) is 12.1. The Labute approximate surface area is 124 Å². The summed E-state index contributed by atoms with van der Waals surface area (Å²) in [6.45, 7) is 1.99. The van der Waals surface area contributed by atoms with E-state index in [1.165, 1.54) is 22.6 Å². The number of anilines is 1. The van der Waals surface area contributed by atoms with E-state index in [2.05, 4.69) is 20.6 Å². The Hall–Kier alpha value is -2.35. The lowest BCUT2D eigenvalue weighted by atomic mass is 10.2. The van der Waals surface area contributed by atoms with Crippen molar-refractivity contribution in [3.8, 4) is 0 Å². The van der Waals surface area contributed by atoms with Crippen molar-refractivity contribution < 1.29 is 9.21 Å². The van der Waals surface area contributed by atoms with Crippen LogP contribution in [0.15, 0.2) is 40.2 Å². The van der Waals surface area contributed by atoms with E-state index in [-0.39, 0.29) is 5.91 Å². The minimum absolute atomic E-state index is 0.0360. The molecule has 108 valence electrons. The van der Waals surface area contributed by atoms with Crippen LogP contribution in [0, 0.1) is 6.92 Å². The summed E-state index contributed by atoms with van der Waals surface area (Å²) in [6.07, 6.45) is 1.84. The Morgan fingerprint density at radius 2 is 2.38 bits per heavy atom. The molecule has 0 unspecified atom stereocenters. The lowest BCUT2D eigenvalue weighted by molar-refractivity contribution is -0.115. The second kappa shape index (κ2) is 5.96. The molecule has 1 amide bonds. The summed E-state index contributed by atoms with van der Waals surface area (Å²) >= 11 is 1.37. The van der Waals surface area contributed by atoms with Crippen LogP contribution >= 0.6 is 11.8 Å². The summed E-state index contributed by atoms with van der Waals surface area (Å²) in [6, 6.07) is 7.70. The number of aromatic nitrogens is 4. The zero-order valence-electron chi connectivity index (χ0n) is 11.3. The largest absolute Gasteiger partial charge is 0.396 e. The average Bonchev–Trinajstić information content (AvgIpc) is 2.99. The van der Waals surface area contributed by atoms with Gasteiger partial charge in [0, 0.05) is 17.9 Å². The first-order valence-corrected chi connectivity index (χ1v) is 7.35. The lowest BCUT2D eigenvalue weighted by Crippen LogP contribution is -2.12. The van der Waals surface area contributed by atoms with Crippen molar-refractivity contribution in [1.82, 2.24) is 19.8 Å². The van der Waals surface area contributed by atoms with E-state index in [4.69, 9.17) is 4.42 Å². The molecule has 0 aliphatic rings. The summed E-state index contributed by atoms with van der Waals surface area (Å²) in [4.78, 5) is 11.8. The Balaban J connectivity index is 1.48. The minimum Gasteiger partial charge on any atom is -0.396 e. The van der Waals surface area contributed by atoms with Crippen molar-refractivity contribution in [2.75, 3.05) is 11.1 Å². The van der Waals surface area contributed by atoms with Crippen LogP contribution in [0.5, 0.6) is 0 Å². The molecule has 0 spiro atoms. The number of nitrogens with one attached hydrogen (secondary N) is 1. The highest BCUT2D eigenvalue weighted by molar-refractivity contribution is 7.99. The summed E-state index contributed by atoms with van der Waals surface area (Å²) in [5.74, 6) is 0.891. The Bertz CT molecular complexity index is 738. The highest BCUT2D eigenvalue weighted by Crippen LogP contribution is 2.18. The first-order valence-electron chi connectivity index (χ1n) is 6.37. The number of benzene rings is 1. The van der Waals surface area contributed by atoms with Gasteiger partial charge in [-0.15, -0.1) is 10.2 Å².